The van der Waals surface area contributed by atoms with E-state index in [1.165, 1.54) is 44.9 Å². The quantitative estimate of drug-likeness (QED) is 0.109. The number of allylic oxidation sites excluding steroid dienone is 2. The van der Waals surface area contributed by atoms with Crippen LogP contribution in [0.25, 0.3) is 0 Å². The fraction of sp³-hybridized carbons (Fsp3) is 0.833. The number of hydrogen-bond donors (Lipinski definition) is 3. The van der Waals surface area contributed by atoms with E-state index in [1.54, 1.807) is 5.57 Å². The maximum atomic E-state index is 13.6. The van der Waals surface area contributed by atoms with Crippen molar-refractivity contribution in [1.82, 2.24) is 0 Å². The molecule has 10 heteroatoms. The first-order valence-corrected chi connectivity index (χ1v) is 29.0. The Labute approximate surface area is 504 Å². The topological polar surface area (TPSA) is 117 Å². The van der Waals surface area contributed by atoms with Gasteiger partial charge < -0.3 is 25.5 Å². The normalized spacial score (nSPS) is 39.6. The summed E-state index contributed by atoms with van der Waals surface area (Å²) in [5, 5.41) is 31.5. The number of fused-ring (bicyclic) bond motifs is 10. The molecule has 6 fully saturated rings. The fourth-order valence-corrected chi connectivity index (χ4v) is 18.5. The van der Waals surface area contributed by atoms with E-state index in [2.05, 4.69) is 81.4 Å². The van der Waals surface area contributed by atoms with Gasteiger partial charge in [-0.25, -0.2) is 4.79 Å². The summed E-state index contributed by atoms with van der Waals surface area (Å²) in [5.74, 6) is 7.13. The first-order chi connectivity index (χ1) is 33.2. The monoisotopic (exact) mass is 1090 g/mol. The second-order valence-corrected chi connectivity index (χ2v) is 27.8. The molecule has 8 aliphatic carbocycles. The first-order valence-electron chi connectivity index (χ1n) is 29.0. The zero-order valence-corrected chi connectivity index (χ0v) is 50.6. The SMILES string of the molecule is C.C.C.CC(C)[C@@H](O)CC[C@@H](C)[C@H]1CC[C@H]2[C@@H]3CC=C4C[C@](O)(C(F)(F)F)CC[C@]4(C)[C@H]3CC[C@]12C.CC(C)[C@H](CC[C@@H](C)[C@H]1CC[C@H]2[C@@H]3CC=C4C[C@@](C)(O)CC[C@]4(C)[C@H]3CC[C@]12C)OC(=O)c1ccccc1.[K+].[OH-]. The van der Waals surface area contributed by atoms with Gasteiger partial charge in [0.2, 0.25) is 0 Å². The third-order valence-corrected chi connectivity index (χ3v) is 23.2. The van der Waals surface area contributed by atoms with Crippen LogP contribution in [0.2, 0.25) is 0 Å². The Morgan fingerprint density at radius 3 is 1.54 bits per heavy atom. The van der Waals surface area contributed by atoms with Crippen LogP contribution in [-0.2, 0) is 4.74 Å². The Hall–Kier alpha value is -0.564. The molecular formula is C66H110F3KO6. The second kappa shape index (κ2) is 26.3. The minimum atomic E-state index is -4.56. The summed E-state index contributed by atoms with van der Waals surface area (Å²) >= 11 is 0. The second-order valence-electron chi connectivity index (χ2n) is 27.8. The van der Waals surface area contributed by atoms with E-state index in [1.807, 2.05) is 37.3 Å². The van der Waals surface area contributed by atoms with Gasteiger partial charge in [-0.05, 0) is 234 Å². The van der Waals surface area contributed by atoms with Crippen molar-refractivity contribution >= 4 is 5.97 Å². The van der Waals surface area contributed by atoms with Crippen LogP contribution in [0.3, 0.4) is 0 Å². The van der Waals surface area contributed by atoms with Crippen molar-refractivity contribution in [1.29, 1.82) is 0 Å². The van der Waals surface area contributed by atoms with Crippen molar-refractivity contribution in [2.75, 3.05) is 0 Å². The Morgan fingerprint density at radius 1 is 0.618 bits per heavy atom. The number of aliphatic hydroxyl groups is 3. The van der Waals surface area contributed by atoms with Crippen molar-refractivity contribution in [2.45, 2.75) is 256 Å². The number of carbonyl (C=O) groups is 1. The molecule has 0 aromatic heterocycles. The molecule has 1 aromatic carbocycles. The number of rotatable bonds is 12. The van der Waals surface area contributed by atoms with Crippen molar-refractivity contribution in [3.05, 3.63) is 59.2 Å². The van der Waals surface area contributed by atoms with Crippen LogP contribution in [0, 0.1) is 92.7 Å². The molecule has 18 atom stereocenters. The number of hydrogen-bond acceptors (Lipinski definition) is 6. The Bertz CT molecular complexity index is 2090. The van der Waals surface area contributed by atoms with Gasteiger partial charge in [0.15, 0.2) is 5.60 Å². The predicted molar refractivity (Wildman–Crippen MR) is 302 cm³/mol. The van der Waals surface area contributed by atoms with E-state index in [9.17, 15) is 33.3 Å². The molecule has 0 spiro atoms. The van der Waals surface area contributed by atoms with E-state index in [4.69, 9.17) is 4.74 Å². The zero-order chi connectivity index (χ0) is 51.7. The first kappa shape index (κ1) is 69.7. The van der Waals surface area contributed by atoms with Gasteiger partial charge >= 0.3 is 63.5 Å². The fourth-order valence-electron chi connectivity index (χ4n) is 18.5. The van der Waals surface area contributed by atoms with E-state index in [-0.39, 0.29) is 116 Å². The van der Waals surface area contributed by atoms with Crippen LogP contribution in [0.15, 0.2) is 53.6 Å². The van der Waals surface area contributed by atoms with Crippen LogP contribution in [0.5, 0.6) is 0 Å². The van der Waals surface area contributed by atoms with Gasteiger partial charge in [0, 0.05) is 6.42 Å². The summed E-state index contributed by atoms with van der Waals surface area (Å²) in [5.41, 5.74) is 0.824. The molecule has 0 amide bonds. The molecule has 0 unspecified atom stereocenters. The molecule has 76 heavy (non-hydrogen) atoms. The molecule has 432 valence electrons. The number of esters is 1. The van der Waals surface area contributed by atoms with E-state index in [0.29, 0.717) is 75.6 Å². The third kappa shape index (κ3) is 13.3. The zero-order valence-electron chi connectivity index (χ0n) is 47.5. The largest absolute Gasteiger partial charge is 1.00 e. The predicted octanol–water partition coefficient (Wildman–Crippen LogP) is 14.6. The standard InChI is InChI=1S/C35H52O3.C28H45F3O2.3CH4.K.H2O/c1-23(2)31(38-32(36)25-10-8-7-9-11-25)17-12-24(3)28-15-16-29-27-14-13-26-22-33(4,37)20-21-34(26,5)30(27)18-19-35(28,29)6;1-17(2)24(32)11-6-18(3)21-9-10-22-20-8-7-19-16-27(33,28(29,30)31)15-14-25(19,4)23(20)12-13-26(21,22)5;;;;;/h7-11,13,23-24,27-31,37H,12,14-22H2,1-6H3;7,17-18,20-24,32-33H,6,8-16H2,1-5H3;3*1H4;;1H2/q;;;;;+1;/p-1/t24-,27+,28-,29+,30+,31+,33+,34+,35-;18-,20+,21-,22+,23+,24+,25+,26-,27+;;;;;/m11...../s1. The molecule has 1 aromatic rings. The number of halogens is 3. The van der Waals surface area contributed by atoms with Gasteiger partial charge in [-0.1, -0.05) is 133 Å². The maximum Gasteiger partial charge on any atom is 1.00 e. The van der Waals surface area contributed by atoms with Crippen molar-refractivity contribution < 1.29 is 94.9 Å². The van der Waals surface area contributed by atoms with Crippen LogP contribution in [0.1, 0.15) is 237 Å². The van der Waals surface area contributed by atoms with Crippen molar-refractivity contribution in [3.8, 4) is 0 Å². The number of benzene rings is 1. The van der Waals surface area contributed by atoms with Crippen LogP contribution in [0.4, 0.5) is 13.2 Å². The molecule has 8 aliphatic rings. The van der Waals surface area contributed by atoms with Crippen LogP contribution in [-0.4, -0.2) is 56.4 Å². The summed E-state index contributed by atoms with van der Waals surface area (Å²) in [6, 6.07) is 9.42. The Balaban J connectivity index is 0.000000379. The van der Waals surface area contributed by atoms with Gasteiger partial charge in [-0.2, -0.15) is 13.2 Å². The molecular weight excluding hydrogens is 985 g/mol. The van der Waals surface area contributed by atoms with Gasteiger partial charge in [0.05, 0.1) is 17.3 Å². The summed E-state index contributed by atoms with van der Waals surface area (Å²) in [6.07, 6.45) is 19.1. The number of carbonyl (C=O) groups excluding carboxylic acids is 1. The smallest absolute Gasteiger partial charge is 0.870 e. The number of ether oxygens (including phenoxy) is 1. The third-order valence-electron chi connectivity index (χ3n) is 23.2. The molecule has 0 radical (unpaired) electrons. The van der Waals surface area contributed by atoms with Gasteiger partial charge in [-0.15, -0.1) is 0 Å². The van der Waals surface area contributed by atoms with E-state index < -0.39 is 17.4 Å². The summed E-state index contributed by atoms with van der Waals surface area (Å²) in [7, 11) is 0. The number of alkyl halides is 3. The molecule has 4 N–H and O–H groups in total. The Kier molecular flexibility index (Phi) is 24.2. The van der Waals surface area contributed by atoms with Crippen LogP contribution >= 0.6 is 0 Å². The minimum absolute atomic E-state index is 0. The molecule has 6 nitrogen and oxygen atoms in total. The summed E-state index contributed by atoms with van der Waals surface area (Å²) in [6.45, 7) is 25.2. The van der Waals surface area contributed by atoms with E-state index >= 15 is 0 Å². The van der Waals surface area contributed by atoms with Gasteiger partial charge in [-0.3, -0.25) is 0 Å². The van der Waals surface area contributed by atoms with Gasteiger partial charge in [0.25, 0.3) is 0 Å². The molecule has 9 rings (SSSR count). The summed E-state index contributed by atoms with van der Waals surface area (Å²) in [4.78, 5) is 12.8. The van der Waals surface area contributed by atoms with Crippen molar-refractivity contribution in [3.63, 3.8) is 0 Å². The minimum Gasteiger partial charge on any atom is -0.870 e. The molecule has 6 saturated carbocycles. The average Bonchev–Trinajstić information content (AvgIpc) is 3.86. The molecule has 0 saturated heterocycles. The van der Waals surface area contributed by atoms with Crippen LogP contribution < -0.4 is 51.4 Å². The van der Waals surface area contributed by atoms with E-state index in [0.717, 1.165) is 93.5 Å². The molecule has 0 aliphatic heterocycles. The van der Waals surface area contributed by atoms with Crippen molar-refractivity contribution in [2.24, 2.45) is 92.7 Å². The average molecular weight is 1100 g/mol. The Morgan fingerprint density at radius 2 is 1.08 bits per heavy atom. The maximum absolute atomic E-state index is 13.6. The molecule has 0 bridgehead atoms. The summed E-state index contributed by atoms with van der Waals surface area (Å²) < 4.78 is 46.7. The van der Waals surface area contributed by atoms with Gasteiger partial charge in [0.1, 0.15) is 6.10 Å². The molecule has 0 heterocycles. The number of aliphatic hydroxyl groups excluding tert-OH is 1.